The molecule has 0 aliphatic heterocycles. The van der Waals surface area contributed by atoms with Crippen LogP contribution < -0.4 is 11.1 Å². The van der Waals surface area contributed by atoms with Crippen molar-refractivity contribution >= 4 is 40.5 Å². The van der Waals surface area contributed by atoms with Crippen LogP contribution in [0.1, 0.15) is 10.4 Å². The molecule has 7 heteroatoms. The number of nitrogens with one attached hydrogen (secondary N) is 1. The summed E-state index contributed by atoms with van der Waals surface area (Å²) in [5.41, 5.74) is 4.56. The van der Waals surface area contributed by atoms with Crippen LogP contribution in [0.4, 0.5) is 20.2 Å². The Hall–Kier alpha value is -1.85. The maximum Gasteiger partial charge on any atom is 0.255 e. The van der Waals surface area contributed by atoms with Gasteiger partial charge in [-0.2, -0.15) is 0 Å². The Labute approximate surface area is 123 Å². The Kier molecular flexibility index (Phi) is 4.11. The highest BCUT2D eigenvalue weighted by molar-refractivity contribution is 6.36. The number of halogens is 4. The molecule has 0 bridgehead atoms. The van der Waals surface area contributed by atoms with Gasteiger partial charge in [0.2, 0.25) is 0 Å². The summed E-state index contributed by atoms with van der Waals surface area (Å²) in [6.07, 6.45) is 0. The molecule has 0 spiro atoms. The van der Waals surface area contributed by atoms with Crippen LogP contribution in [-0.4, -0.2) is 5.91 Å². The summed E-state index contributed by atoms with van der Waals surface area (Å²) >= 11 is 11.6. The molecule has 0 radical (unpaired) electrons. The van der Waals surface area contributed by atoms with E-state index in [2.05, 4.69) is 5.32 Å². The van der Waals surface area contributed by atoms with Gasteiger partial charge in [0.25, 0.3) is 5.91 Å². The number of carbonyl (C=O) groups is 1. The number of rotatable bonds is 2. The average molecular weight is 317 g/mol. The van der Waals surface area contributed by atoms with Gasteiger partial charge in [0.1, 0.15) is 17.3 Å². The quantitative estimate of drug-likeness (QED) is 0.819. The maximum absolute atomic E-state index is 13.3. The van der Waals surface area contributed by atoms with E-state index in [4.69, 9.17) is 28.9 Å². The number of benzene rings is 2. The first-order chi connectivity index (χ1) is 9.38. The summed E-state index contributed by atoms with van der Waals surface area (Å²) in [6, 6.07) is 6.12. The summed E-state index contributed by atoms with van der Waals surface area (Å²) in [5, 5.41) is 3.03. The maximum atomic E-state index is 13.3. The van der Waals surface area contributed by atoms with Gasteiger partial charge < -0.3 is 11.1 Å². The van der Waals surface area contributed by atoms with E-state index in [-0.39, 0.29) is 16.3 Å². The van der Waals surface area contributed by atoms with Crippen molar-refractivity contribution in [3.63, 3.8) is 0 Å². The normalized spacial score (nSPS) is 10.4. The van der Waals surface area contributed by atoms with Crippen LogP contribution in [0.3, 0.4) is 0 Å². The fraction of sp³-hybridized carbons (Fsp3) is 0. The standard InChI is InChI=1S/C13H8Cl2F2N2O/c14-7-1-2-11(8(15)5-7)19-13(20)6-3-9(16)12(18)10(17)4-6/h1-5H,18H2,(H,19,20). The molecule has 2 rings (SSSR count). The van der Waals surface area contributed by atoms with Gasteiger partial charge in [0, 0.05) is 10.6 Å². The van der Waals surface area contributed by atoms with E-state index < -0.39 is 23.2 Å². The number of nitrogens with two attached hydrogens (primary N) is 1. The summed E-state index contributed by atoms with van der Waals surface area (Å²) in [7, 11) is 0. The second-order valence-electron chi connectivity index (χ2n) is 3.93. The Morgan fingerprint density at radius 1 is 1.10 bits per heavy atom. The minimum atomic E-state index is -1.00. The van der Waals surface area contributed by atoms with Crippen LogP contribution in [0, 0.1) is 11.6 Å². The van der Waals surface area contributed by atoms with Gasteiger partial charge in [0.05, 0.1) is 10.7 Å². The van der Waals surface area contributed by atoms with Gasteiger partial charge >= 0.3 is 0 Å². The van der Waals surface area contributed by atoms with Gasteiger partial charge in [-0.3, -0.25) is 4.79 Å². The third-order valence-corrected chi connectivity index (χ3v) is 3.07. The molecule has 3 nitrogen and oxygen atoms in total. The molecule has 0 unspecified atom stereocenters. The molecule has 0 saturated heterocycles. The van der Waals surface area contributed by atoms with Crippen LogP contribution >= 0.6 is 23.2 Å². The van der Waals surface area contributed by atoms with Crippen molar-refractivity contribution in [2.45, 2.75) is 0 Å². The highest BCUT2D eigenvalue weighted by Gasteiger charge is 2.14. The van der Waals surface area contributed by atoms with E-state index in [1.807, 2.05) is 0 Å². The van der Waals surface area contributed by atoms with E-state index in [9.17, 15) is 13.6 Å². The fourth-order valence-electron chi connectivity index (χ4n) is 1.50. The minimum Gasteiger partial charge on any atom is -0.394 e. The van der Waals surface area contributed by atoms with Gasteiger partial charge in [-0.05, 0) is 30.3 Å². The molecule has 0 saturated carbocycles. The number of amides is 1. The molecule has 104 valence electrons. The van der Waals surface area contributed by atoms with Crippen LogP contribution in [0.15, 0.2) is 30.3 Å². The first kappa shape index (κ1) is 14.6. The van der Waals surface area contributed by atoms with Gasteiger partial charge in [-0.1, -0.05) is 23.2 Å². The Bertz CT molecular complexity index is 669. The molecule has 1 amide bonds. The van der Waals surface area contributed by atoms with Crippen molar-refractivity contribution in [1.29, 1.82) is 0 Å². The first-order valence-corrected chi connectivity index (χ1v) is 6.15. The van der Waals surface area contributed by atoms with E-state index >= 15 is 0 Å². The number of carbonyl (C=O) groups excluding carboxylic acids is 1. The topological polar surface area (TPSA) is 55.1 Å². The van der Waals surface area contributed by atoms with E-state index in [0.29, 0.717) is 5.02 Å². The smallest absolute Gasteiger partial charge is 0.255 e. The number of nitrogen functional groups attached to an aromatic ring is 1. The fourth-order valence-corrected chi connectivity index (χ4v) is 1.96. The van der Waals surface area contributed by atoms with Crippen molar-refractivity contribution < 1.29 is 13.6 Å². The molecule has 2 aromatic rings. The minimum absolute atomic E-state index is 0.208. The summed E-state index contributed by atoms with van der Waals surface area (Å²) in [4.78, 5) is 11.9. The molecule has 0 aliphatic rings. The second-order valence-corrected chi connectivity index (χ2v) is 4.78. The lowest BCUT2D eigenvalue weighted by molar-refractivity contribution is 0.102. The SMILES string of the molecule is Nc1c(F)cc(C(=O)Nc2ccc(Cl)cc2Cl)cc1F. The van der Waals surface area contributed by atoms with Crippen LogP contribution in [0.5, 0.6) is 0 Å². The first-order valence-electron chi connectivity index (χ1n) is 5.39. The largest absolute Gasteiger partial charge is 0.394 e. The summed E-state index contributed by atoms with van der Waals surface area (Å²) in [6.45, 7) is 0. The Morgan fingerprint density at radius 2 is 1.70 bits per heavy atom. The van der Waals surface area contributed by atoms with Crippen molar-refractivity contribution in [2.75, 3.05) is 11.1 Å². The van der Waals surface area contributed by atoms with Crippen molar-refractivity contribution in [3.05, 3.63) is 57.6 Å². The second kappa shape index (κ2) is 5.64. The average Bonchev–Trinajstić information content (AvgIpc) is 2.38. The molecular formula is C13H8Cl2F2N2O. The predicted molar refractivity (Wildman–Crippen MR) is 75.2 cm³/mol. The molecule has 0 heterocycles. The third kappa shape index (κ3) is 3.00. The molecular weight excluding hydrogens is 309 g/mol. The molecule has 20 heavy (non-hydrogen) atoms. The van der Waals surface area contributed by atoms with E-state index in [1.54, 1.807) is 0 Å². The third-order valence-electron chi connectivity index (χ3n) is 2.52. The van der Waals surface area contributed by atoms with Crippen molar-refractivity contribution in [1.82, 2.24) is 0 Å². The lowest BCUT2D eigenvalue weighted by atomic mass is 10.1. The van der Waals surface area contributed by atoms with Crippen LogP contribution in [0.2, 0.25) is 10.0 Å². The zero-order valence-electron chi connectivity index (χ0n) is 9.88. The summed E-state index contributed by atoms with van der Waals surface area (Å²) in [5.74, 6) is -2.72. The number of hydrogen-bond acceptors (Lipinski definition) is 2. The molecule has 3 N–H and O–H groups in total. The van der Waals surface area contributed by atoms with Crippen LogP contribution in [-0.2, 0) is 0 Å². The van der Waals surface area contributed by atoms with E-state index in [1.165, 1.54) is 18.2 Å². The predicted octanol–water partition coefficient (Wildman–Crippen LogP) is 4.11. The monoisotopic (exact) mass is 316 g/mol. The van der Waals surface area contributed by atoms with Crippen molar-refractivity contribution in [2.24, 2.45) is 0 Å². The highest BCUT2D eigenvalue weighted by atomic mass is 35.5. The number of hydrogen-bond donors (Lipinski definition) is 2. The molecule has 0 fully saturated rings. The summed E-state index contributed by atoms with van der Waals surface area (Å²) < 4.78 is 26.6. The van der Waals surface area contributed by atoms with Crippen molar-refractivity contribution in [3.8, 4) is 0 Å². The Morgan fingerprint density at radius 3 is 2.25 bits per heavy atom. The molecule has 0 atom stereocenters. The molecule has 2 aromatic carbocycles. The van der Waals surface area contributed by atoms with Crippen LogP contribution in [0.25, 0.3) is 0 Å². The van der Waals surface area contributed by atoms with Gasteiger partial charge in [-0.25, -0.2) is 8.78 Å². The molecule has 0 aromatic heterocycles. The zero-order chi connectivity index (χ0) is 14.9. The zero-order valence-corrected chi connectivity index (χ0v) is 11.4. The number of anilines is 2. The highest BCUT2D eigenvalue weighted by Crippen LogP contribution is 2.26. The van der Waals surface area contributed by atoms with E-state index in [0.717, 1.165) is 12.1 Å². The molecule has 0 aliphatic carbocycles. The van der Waals surface area contributed by atoms with Gasteiger partial charge in [0.15, 0.2) is 0 Å². The Balaban J connectivity index is 2.28. The van der Waals surface area contributed by atoms with Gasteiger partial charge in [-0.15, -0.1) is 0 Å². The lowest BCUT2D eigenvalue weighted by Gasteiger charge is -2.08. The lowest BCUT2D eigenvalue weighted by Crippen LogP contribution is -2.13.